The van der Waals surface area contributed by atoms with Gasteiger partial charge in [-0.25, -0.2) is 4.98 Å². The number of rotatable bonds is 5. The van der Waals surface area contributed by atoms with Gasteiger partial charge in [0.05, 0.1) is 11.0 Å². The predicted octanol–water partition coefficient (Wildman–Crippen LogP) is 1.34. The lowest BCUT2D eigenvalue weighted by Crippen LogP contribution is -2.29. The number of hydrogen-bond donors (Lipinski definition) is 1. The Morgan fingerprint density at radius 3 is 2.23 bits per heavy atom. The number of nitrogens with zero attached hydrogens (tertiary/aromatic N) is 3. The summed E-state index contributed by atoms with van der Waals surface area (Å²) in [6.07, 6.45) is 0. The first kappa shape index (κ1) is 17.8. The Kier molecular flexibility index (Phi) is 4.34. The minimum absolute atomic E-state index is 0.0569. The molecule has 0 aliphatic heterocycles. The van der Waals surface area contributed by atoms with Crippen molar-refractivity contribution in [1.82, 2.24) is 13.3 Å². The minimum atomic E-state index is -3.94. The summed E-state index contributed by atoms with van der Waals surface area (Å²) >= 11 is 0. The van der Waals surface area contributed by atoms with Crippen molar-refractivity contribution in [3.63, 3.8) is 0 Å². The Labute approximate surface area is 150 Å². The summed E-state index contributed by atoms with van der Waals surface area (Å²) in [7, 11) is -1.23. The van der Waals surface area contributed by atoms with Gasteiger partial charge in [-0.1, -0.05) is 30.3 Å². The molecular weight excluding hydrogens is 356 g/mol. The third-order valence-electron chi connectivity index (χ3n) is 3.83. The summed E-state index contributed by atoms with van der Waals surface area (Å²) < 4.78 is 26.8. The van der Waals surface area contributed by atoms with E-state index in [9.17, 15) is 18.0 Å². The zero-order chi connectivity index (χ0) is 19.1. The molecule has 0 saturated carbocycles. The molecule has 3 rings (SSSR count). The molecule has 8 nitrogen and oxygen atoms in total. The van der Waals surface area contributed by atoms with Gasteiger partial charge in [0.25, 0.3) is 0 Å². The highest BCUT2D eigenvalue weighted by atomic mass is 32.2. The Hall–Kier alpha value is -3.04. The lowest BCUT2D eigenvalue weighted by atomic mass is 10.0. The Morgan fingerprint density at radius 1 is 1.00 bits per heavy atom. The van der Waals surface area contributed by atoms with Crippen molar-refractivity contribution in [2.45, 2.75) is 0 Å². The second-order valence-corrected chi connectivity index (χ2v) is 7.74. The molecule has 2 aromatic carbocycles. The molecule has 26 heavy (non-hydrogen) atoms. The van der Waals surface area contributed by atoms with Crippen LogP contribution in [0.1, 0.15) is 20.7 Å². The smallest absolute Gasteiger partial charge is 0.310 e. The van der Waals surface area contributed by atoms with E-state index in [-0.39, 0.29) is 22.6 Å². The molecule has 0 unspecified atom stereocenters. The number of ketones is 2. The number of benzene rings is 2. The standard InChI is InChI=1S/C17H16N4O4S/c1-20(2)26(24,25)21-14-10-12(8-9-13(14)19-17(21)18)16(23)15(22)11-6-4-3-5-7-11/h3-10H,1-2H3,(H2,18,19). The SMILES string of the molecule is CN(C)S(=O)(=O)n1c(N)nc2ccc(C(=O)C(=O)c3ccccc3)cc21. The highest BCUT2D eigenvalue weighted by molar-refractivity contribution is 7.87. The summed E-state index contributed by atoms with van der Waals surface area (Å²) in [5.41, 5.74) is 6.49. The molecule has 1 aromatic heterocycles. The first-order valence-corrected chi connectivity index (χ1v) is 8.98. The maximum Gasteiger partial charge on any atom is 0.310 e. The van der Waals surface area contributed by atoms with Gasteiger partial charge in [0, 0.05) is 25.2 Å². The van der Waals surface area contributed by atoms with Gasteiger partial charge >= 0.3 is 10.2 Å². The number of anilines is 1. The van der Waals surface area contributed by atoms with Crippen LogP contribution in [0.2, 0.25) is 0 Å². The van der Waals surface area contributed by atoms with Gasteiger partial charge in [0.15, 0.2) is 0 Å². The number of aromatic nitrogens is 2. The number of carbonyl (C=O) groups excluding carboxylic acids is 2. The van der Waals surface area contributed by atoms with E-state index in [1.165, 1.54) is 44.4 Å². The molecule has 0 saturated heterocycles. The van der Waals surface area contributed by atoms with E-state index in [4.69, 9.17) is 5.73 Å². The van der Waals surface area contributed by atoms with Crippen LogP contribution in [-0.4, -0.2) is 47.3 Å². The second-order valence-electron chi connectivity index (χ2n) is 5.75. The zero-order valence-corrected chi connectivity index (χ0v) is 14.9. The molecule has 2 N–H and O–H groups in total. The predicted molar refractivity (Wildman–Crippen MR) is 97.3 cm³/mol. The average molecular weight is 372 g/mol. The van der Waals surface area contributed by atoms with Gasteiger partial charge in [0.1, 0.15) is 0 Å². The molecule has 0 atom stereocenters. The molecule has 0 spiro atoms. The molecule has 0 fully saturated rings. The third kappa shape index (κ3) is 2.87. The normalized spacial score (nSPS) is 11.8. The van der Waals surface area contributed by atoms with Crippen molar-refractivity contribution in [2.24, 2.45) is 0 Å². The van der Waals surface area contributed by atoms with Crippen molar-refractivity contribution in [3.8, 4) is 0 Å². The van der Waals surface area contributed by atoms with E-state index in [0.717, 1.165) is 8.28 Å². The van der Waals surface area contributed by atoms with Crippen LogP contribution in [0.3, 0.4) is 0 Å². The molecule has 0 amide bonds. The first-order chi connectivity index (χ1) is 12.2. The summed E-state index contributed by atoms with van der Waals surface area (Å²) in [6.45, 7) is 0. The van der Waals surface area contributed by atoms with Crippen LogP contribution < -0.4 is 5.73 Å². The fraction of sp³-hybridized carbons (Fsp3) is 0.118. The quantitative estimate of drug-likeness (QED) is 0.534. The van der Waals surface area contributed by atoms with Gasteiger partial charge < -0.3 is 5.73 Å². The summed E-state index contributed by atoms with van der Waals surface area (Å²) in [6, 6.07) is 12.3. The molecule has 3 aromatic rings. The Morgan fingerprint density at radius 2 is 1.62 bits per heavy atom. The van der Waals surface area contributed by atoms with Crippen molar-refractivity contribution >= 4 is 38.8 Å². The number of Topliss-reactive ketones (excluding diaryl/α,β-unsaturated/α-hetero) is 2. The van der Waals surface area contributed by atoms with Gasteiger partial charge in [-0.3, -0.25) is 9.59 Å². The van der Waals surface area contributed by atoms with Crippen molar-refractivity contribution in [2.75, 3.05) is 19.8 Å². The van der Waals surface area contributed by atoms with Crippen LogP contribution in [0.4, 0.5) is 5.95 Å². The number of fused-ring (bicyclic) bond motifs is 1. The highest BCUT2D eigenvalue weighted by Crippen LogP contribution is 2.23. The van der Waals surface area contributed by atoms with Crippen LogP contribution in [-0.2, 0) is 10.2 Å². The van der Waals surface area contributed by atoms with Crippen LogP contribution in [0.15, 0.2) is 48.5 Å². The van der Waals surface area contributed by atoms with E-state index in [1.54, 1.807) is 18.2 Å². The summed E-state index contributed by atoms with van der Waals surface area (Å²) in [5.74, 6) is -1.65. The third-order valence-corrected chi connectivity index (χ3v) is 5.60. The van der Waals surface area contributed by atoms with Crippen LogP contribution in [0, 0.1) is 0 Å². The van der Waals surface area contributed by atoms with Gasteiger partial charge in [-0.15, -0.1) is 0 Å². The van der Waals surface area contributed by atoms with E-state index in [1.807, 2.05) is 0 Å². The lowest BCUT2D eigenvalue weighted by Gasteiger charge is -2.13. The number of hydrogen-bond acceptors (Lipinski definition) is 6. The molecular formula is C17H16N4O4S. The van der Waals surface area contributed by atoms with Crippen molar-refractivity contribution < 1.29 is 18.0 Å². The minimum Gasteiger partial charge on any atom is -0.368 e. The topological polar surface area (TPSA) is 115 Å². The monoisotopic (exact) mass is 372 g/mol. The largest absolute Gasteiger partial charge is 0.368 e. The van der Waals surface area contributed by atoms with Gasteiger partial charge in [0.2, 0.25) is 17.5 Å². The molecule has 1 heterocycles. The fourth-order valence-electron chi connectivity index (χ4n) is 2.47. The summed E-state index contributed by atoms with van der Waals surface area (Å²) in [4.78, 5) is 28.9. The van der Waals surface area contributed by atoms with Gasteiger partial charge in [-0.05, 0) is 18.2 Å². The maximum absolute atomic E-state index is 12.5. The molecule has 9 heteroatoms. The maximum atomic E-state index is 12.5. The molecule has 0 aliphatic rings. The lowest BCUT2D eigenvalue weighted by molar-refractivity contribution is 0.0817. The van der Waals surface area contributed by atoms with Gasteiger partial charge in [-0.2, -0.15) is 16.7 Å². The second kappa shape index (κ2) is 6.36. The number of imidazole rings is 1. The highest BCUT2D eigenvalue weighted by Gasteiger charge is 2.25. The van der Waals surface area contributed by atoms with E-state index >= 15 is 0 Å². The van der Waals surface area contributed by atoms with E-state index < -0.39 is 21.8 Å². The number of nitrogen functional groups attached to an aromatic ring is 1. The summed E-state index contributed by atoms with van der Waals surface area (Å²) in [5, 5.41) is 0. The van der Waals surface area contributed by atoms with Crippen LogP contribution >= 0.6 is 0 Å². The number of carbonyl (C=O) groups is 2. The first-order valence-electron chi connectivity index (χ1n) is 7.58. The zero-order valence-electron chi connectivity index (χ0n) is 14.1. The average Bonchev–Trinajstić information content (AvgIpc) is 2.96. The fourth-order valence-corrected chi connectivity index (χ4v) is 3.47. The van der Waals surface area contributed by atoms with Crippen molar-refractivity contribution in [1.29, 1.82) is 0 Å². The van der Waals surface area contributed by atoms with E-state index in [0.29, 0.717) is 5.52 Å². The Balaban J connectivity index is 2.13. The van der Waals surface area contributed by atoms with Crippen molar-refractivity contribution in [3.05, 3.63) is 59.7 Å². The molecule has 134 valence electrons. The van der Waals surface area contributed by atoms with E-state index in [2.05, 4.69) is 4.98 Å². The molecule has 0 bridgehead atoms. The molecule has 0 radical (unpaired) electrons. The van der Waals surface area contributed by atoms with Crippen LogP contribution in [0.25, 0.3) is 11.0 Å². The number of nitrogens with two attached hydrogens (primary N) is 1. The Bertz CT molecular complexity index is 1120. The van der Waals surface area contributed by atoms with Crippen LogP contribution in [0.5, 0.6) is 0 Å². The molecule has 0 aliphatic carbocycles.